The fourth-order valence-corrected chi connectivity index (χ4v) is 2.41. The average Bonchev–Trinajstić information content (AvgIpc) is 2.94. The Bertz CT molecular complexity index is 761. The molecule has 0 spiro atoms. The molecule has 128 valence electrons. The van der Waals surface area contributed by atoms with Gasteiger partial charge in [0.05, 0.1) is 11.9 Å². The second-order valence-electron chi connectivity index (χ2n) is 5.21. The first-order valence-corrected chi connectivity index (χ1v) is 7.10. The monoisotopic (exact) mass is 351 g/mol. The third kappa shape index (κ3) is 3.66. The number of benzene rings is 1. The summed E-state index contributed by atoms with van der Waals surface area (Å²) in [4.78, 5) is 23.7. The molecule has 1 aromatic heterocycles. The molecule has 24 heavy (non-hydrogen) atoms. The molecule has 0 aliphatic carbocycles. The van der Waals surface area contributed by atoms with Crippen LogP contribution in [0.1, 0.15) is 11.6 Å². The molecule has 9 heteroatoms. The van der Waals surface area contributed by atoms with Crippen molar-refractivity contribution in [3.8, 4) is 5.75 Å². The standard InChI is InChI=1S/C15H17N5O3.ClH/c1-16-14(9-6-17-20(2)7-9)15(22)18-10-3-4-11-12(5-10)23-8-13(21)19-11;/h3-7,14,16H,8H2,1-2H3,(H,18,22)(H,19,21);1H. The Kier molecular flexibility index (Phi) is 5.42. The third-order valence-electron chi connectivity index (χ3n) is 3.49. The number of anilines is 2. The van der Waals surface area contributed by atoms with Gasteiger partial charge in [-0.3, -0.25) is 14.3 Å². The normalized spacial score (nSPS) is 13.8. The molecule has 8 nitrogen and oxygen atoms in total. The number of nitrogens with one attached hydrogen (secondary N) is 3. The highest BCUT2D eigenvalue weighted by Crippen LogP contribution is 2.30. The van der Waals surface area contributed by atoms with Gasteiger partial charge in [0.1, 0.15) is 11.8 Å². The van der Waals surface area contributed by atoms with E-state index in [0.717, 1.165) is 5.56 Å². The Hall–Kier alpha value is -2.58. The van der Waals surface area contributed by atoms with E-state index >= 15 is 0 Å². The lowest BCUT2D eigenvalue weighted by molar-refractivity contribution is -0.119. The first kappa shape index (κ1) is 17.8. The van der Waals surface area contributed by atoms with Crippen LogP contribution in [0.25, 0.3) is 0 Å². The molecule has 1 aliphatic rings. The number of rotatable bonds is 4. The van der Waals surface area contributed by atoms with E-state index in [9.17, 15) is 9.59 Å². The van der Waals surface area contributed by atoms with Crippen molar-refractivity contribution in [2.24, 2.45) is 7.05 Å². The summed E-state index contributed by atoms with van der Waals surface area (Å²) >= 11 is 0. The van der Waals surface area contributed by atoms with Crippen molar-refractivity contribution in [1.82, 2.24) is 15.1 Å². The average molecular weight is 352 g/mol. The zero-order valence-corrected chi connectivity index (χ0v) is 14.0. The van der Waals surface area contributed by atoms with Gasteiger partial charge in [0, 0.05) is 30.6 Å². The van der Waals surface area contributed by atoms with E-state index in [2.05, 4.69) is 21.0 Å². The van der Waals surface area contributed by atoms with Crippen molar-refractivity contribution in [3.05, 3.63) is 36.2 Å². The molecule has 3 N–H and O–H groups in total. The Morgan fingerprint density at radius 3 is 2.92 bits per heavy atom. The van der Waals surface area contributed by atoms with Crippen molar-refractivity contribution in [2.45, 2.75) is 6.04 Å². The van der Waals surface area contributed by atoms with E-state index in [1.807, 2.05) is 0 Å². The highest BCUT2D eigenvalue weighted by atomic mass is 35.5. The van der Waals surface area contributed by atoms with Gasteiger partial charge >= 0.3 is 0 Å². The number of fused-ring (bicyclic) bond motifs is 1. The first-order valence-electron chi connectivity index (χ1n) is 7.10. The van der Waals surface area contributed by atoms with Crippen molar-refractivity contribution >= 4 is 35.6 Å². The Morgan fingerprint density at radius 1 is 1.46 bits per heavy atom. The summed E-state index contributed by atoms with van der Waals surface area (Å²) in [5.41, 5.74) is 1.96. The minimum Gasteiger partial charge on any atom is -0.482 e. The van der Waals surface area contributed by atoms with Crippen LogP contribution in [0.2, 0.25) is 0 Å². The number of likely N-dealkylation sites (N-methyl/N-ethyl adjacent to an activating group) is 1. The molecule has 2 amide bonds. The smallest absolute Gasteiger partial charge is 0.262 e. The van der Waals surface area contributed by atoms with Crippen LogP contribution in [0.4, 0.5) is 11.4 Å². The van der Waals surface area contributed by atoms with Crippen LogP contribution in [0.5, 0.6) is 5.75 Å². The number of aromatic nitrogens is 2. The number of hydrogen-bond acceptors (Lipinski definition) is 5. The number of aryl methyl sites for hydroxylation is 1. The molecule has 1 unspecified atom stereocenters. The maximum Gasteiger partial charge on any atom is 0.262 e. The Labute approximate surface area is 145 Å². The number of carbonyl (C=O) groups is 2. The molecule has 0 saturated carbocycles. The van der Waals surface area contributed by atoms with Crippen molar-refractivity contribution in [3.63, 3.8) is 0 Å². The maximum absolute atomic E-state index is 12.5. The van der Waals surface area contributed by atoms with Gasteiger partial charge in [0.25, 0.3) is 5.91 Å². The molecule has 0 bridgehead atoms. The van der Waals surface area contributed by atoms with Crippen LogP contribution in [0, 0.1) is 0 Å². The topological polar surface area (TPSA) is 97.3 Å². The van der Waals surface area contributed by atoms with Gasteiger partial charge in [-0.15, -0.1) is 12.4 Å². The van der Waals surface area contributed by atoms with Crippen molar-refractivity contribution < 1.29 is 14.3 Å². The van der Waals surface area contributed by atoms with Gasteiger partial charge in [-0.1, -0.05) is 0 Å². The first-order chi connectivity index (χ1) is 11.1. The quantitative estimate of drug-likeness (QED) is 0.765. The summed E-state index contributed by atoms with van der Waals surface area (Å²) in [7, 11) is 3.51. The van der Waals surface area contributed by atoms with Crippen LogP contribution in [-0.4, -0.2) is 35.2 Å². The number of hydrogen-bond donors (Lipinski definition) is 3. The molecule has 1 aromatic carbocycles. The fraction of sp³-hybridized carbons (Fsp3) is 0.267. The molecule has 0 saturated heterocycles. The zero-order valence-electron chi connectivity index (χ0n) is 13.2. The molecule has 0 radical (unpaired) electrons. The number of halogens is 1. The fourth-order valence-electron chi connectivity index (χ4n) is 2.41. The molecule has 2 aromatic rings. The van der Waals surface area contributed by atoms with Crippen LogP contribution < -0.4 is 20.7 Å². The lowest BCUT2D eigenvalue weighted by atomic mass is 10.1. The molecule has 1 atom stereocenters. The van der Waals surface area contributed by atoms with E-state index in [4.69, 9.17) is 4.74 Å². The van der Waals surface area contributed by atoms with Gasteiger partial charge in [-0.25, -0.2) is 0 Å². The summed E-state index contributed by atoms with van der Waals surface area (Å²) in [6.07, 6.45) is 3.43. The number of nitrogens with zero attached hydrogens (tertiary/aromatic N) is 2. The summed E-state index contributed by atoms with van der Waals surface area (Å²) < 4.78 is 6.98. The van der Waals surface area contributed by atoms with E-state index in [-0.39, 0.29) is 30.8 Å². The van der Waals surface area contributed by atoms with Gasteiger partial charge < -0.3 is 20.7 Å². The number of carbonyl (C=O) groups excluding carboxylic acids is 2. The van der Waals surface area contributed by atoms with E-state index in [0.29, 0.717) is 17.1 Å². The zero-order chi connectivity index (χ0) is 16.4. The minimum absolute atomic E-state index is 0. The minimum atomic E-state index is -0.514. The van der Waals surface area contributed by atoms with E-state index in [1.54, 1.807) is 49.4 Å². The van der Waals surface area contributed by atoms with Gasteiger partial charge in [-0.2, -0.15) is 5.10 Å². The Balaban J connectivity index is 0.00000208. The van der Waals surface area contributed by atoms with E-state index in [1.165, 1.54) is 0 Å². The van der Waals surface area contributed by atoms with E-state index < -0.39 is 6.04 Å². The number of amides is 2. The SMILES string of the molecule is CNC(C(=O)Nc1ccc2c(c1)OCC(=O)N2)c1cnn(C)c1.Cl. The largest absolute Gasteiger partial charge is 0.482 e. The molecule has 3 rings (SSSR count). The van der Waals surface area contributed by atoms with Gasteiger partial charge in [0.2, 0.25) is 5.91 Å². The second kappa shape index (κ2) is 7.33. The van der Waals surface area contributed by atoms with Crippen LogP contribution in [0.15, 0.2) is 30.6 Å². The molecular formula is C15H18ClN5O3. The van der Waals surface area contributed by atoms with Crippen LogP contribution in [0.3, 0.4) is 0 Å². The summed E-state index contributed by atoms with van der Waals surface area (Å²) in [5.74, 6) is 0.131. The summed E-state index contributed by atoms with van der Waals surface area (Å²) in [6, 6.07) is 4.57. The molecule has 1 aliphatic heterocycles. The summed E-state index contributed by atoms with van der Waals surface area (Å²) in [5, 5.41) is 12.6. The Morgan fingerprint density at radius 2 is 2.25 bits per heavy atom. The lowest BCUT2D eigenvalue weighted by Crippen LogP contribution is -2.30. The van der Waals surface area contributed by atoms with Crippen molar-refractivity contribution in [2.75, 3.05) is 24.3 Å². The molecule has 2 heterocycles. The molecule has 0 fully saturated rings. The third-order valence-corrected chi connectivity index (χ3v) is 3.49. The van der Waals surface area contributed by atoms with Crippen molar-refractivity contribution in [1.29, 1.82) is 0 Å². The van der Waals surface area contributed by atoms with Gasteiger partial charge in [-0.05, 0) is 19.2 Å². The summed E-state index contributed by atoms with van der Waals surface area (Å²) in [6.45, 7) is -0.0285. The lowest BCUT2D eigenvalue weighted by Gasteiger charge is -2.19. The number of ether oxygens (including phenoxy) is 1. The highest BCUT2D eigenvalue weighted by molar-refractivity contribution is 5.98. The van der Waals surface area contributed by atoms with Gasteiger partial charge in [0.15, 0.2) is 6.61 Å². The van der Waals surface area contributed by atoms with Crippen LogP contribution in [-0.2, 0) is 16.6 Å². The van der Waals surface area contributed by atoms with Crippen LogP contribution >= 0.6 is 12.4 Å². The maximum atomic E-state index is 12.5. The second-order valence-corrected chi connectivity index (χ2v) is 5.21. The predicted molar refractivity (Wildman–Crippen MR) is 91.5 cm³/mol. The molecular weight excluding hydrogens is 334 g/mol. The highest BCUT2D eigenvalue weighted by Gasteiger charge is 2.21. The predicted octanol–water partition coefficient (Wildman–Crippen LogP) is 1.07.